The van der Waals surface area contributed by atoms with Gasteiger partial charge in [0, 0.05) is 34.9 Å². The van der Waals surface area contributed by atoms with Gasteiger partial charge in [-0.25, -0.2) is 9.48 Å². The van der Waals surface area contributed by atoms with E-state index >= 15 is 0 Å². The molecule has 3 aromatic heterocycles. The Morgan fingerprint density at radius 2 is 1.60 bits per heavy atom. The first-order valence-corrected chi connectivity index (χ1v) is 11.6. The summed E-state index contributed by atoms with van der Waals surface area (Å²) >= 11 is 0. The molecular formula is C28H27N3O4. The third kappa shape index (κ3) is 4.14. The van der Waals surface area contributed by atoms with E-state index in [0.29, 0.717) is 22.5 Å². The van der Waals surface area contributed by atoms with Crippen LogP contribution in [-0.4, -0.2) is 15.7 Å². The second kappa shape index (κ2) is 8.58. The van der Waals surface area contributed by atoms with Gasteiger partial charge < -0.3 is 14.2 Å². The quantitative estimate of drug-likeness (QED) is 0.327. The summed E-state index contributed by atoms with van der Waals surface area (Å²) in [7, 11) is 0. The number of carbonyl (C=O) groups is 1. The molecule has 3 heterocycles. The zero-order valence-electron chi connectivity index (χ0n) is 20.5. The van der Waals surface area contributed by atoms with Crippen LogP contribution in [0.15, 0.2) is 56.1 Å². The van der Waals surface area contributed by atoms with Crippen LogP contribution in [-0.2, 0) is 11.2 Å². The number of nitrogens with one attached hydrogen (secondary N) is 1. The van der Waals surface area contributed by atoms with E-state index in [4.69, 9.17) is 8.83 Å². The van der Waals surface area contributed by atoms with Crippen LogP contribution >= 0.6 is 0 Å². The molecule has 178 valence electrons. The molecule has 0 saturated heterocycles. The Bertz CT molecular complexity index is 1650. The van der Waals surface area contributed by atoms with Gasteiger partial charge in [-0.2, -0.15) is 5.10 Å². The first-order valence-electron chi connectivity index (χ1n) is 11.6. The molecule has 1 N–H and O–H groups in total. The molecule has 2 aromatic carbocycles. The molecule has 7 heteroatoms. The van der Waals surface area contributed by atoms with Crippen LogP contribution in [0.4, 0.5) is 5.82 Å². The van der Waals surface area contributed by atoms with E-state index < -0.39 is 5.63 Å². The minimum Gasteiger partial charge on any atom is -0.461 e. The van der Waals surface area contributed by atoms with Gasteiger partial charge in [-0.3, -0.25) is 4.79 Å². The van der Waals surface area contributed by atoms with Crippen LogP contribution in [0.1, 0.15) is 40.1 Å². The van der Waals surface area contributed by atoms with Crippen LogP contribution in [0, 0.1) is 34.6 Å². The summed E-state index contributed by atoms with van der Waals surface area (Å²) in [4.78, 5) is 25.6. The molecule has 0 bridgehead atoms. The summed E-state index contributed by atoms with van der Waals surface area (Å²) in [6, 6.07) is 13.5. The number of hydrogen-bond donors (Lipinski definition) is 1. The smallest absolute Gasteiger partial charge is 0.339 e. The molecule has 0 saturated carbocycles. The fourth-order valence-corrected chi connectivity index (χ4v) is 4.43. The van der Waals surface area contributed by atoms with Crippen molar-refractivity contribution >= 4 is 33.7 Å². The molecule has 0 unspecified atom stereocenters. The van der Waals surface area contributed by atoms with E-state index in [1.54, 1.807) is 10.7 Å². The van der Waals surface area contributed by atoms with E-state index in [9.17, 15) is 9.59 Å². The summed E-state index contributed by atoms with van der Waals surface area (Å²) in [5.74, 6) is 1.23. The first kappa shape index (κ1) is 22.7. The Morgan fingerprint density at radius 3 is 2.34 bits per heavy atom. The van der Waals surface area contributed by atoms with Crippen molar-refractivity contribution in [2.75, 3.05) is 5.32 Å². The molecule has 7 nitrogen and oxygen atoms in total. The van der Waals surface area contributed by atoms with Crippen LogP contribution in [0.2, 0.25) is 0 Å². The zero-order valence-corrected chi connectivity index (χ0v) is 20.5. The molecule has 5 aromatic rings. The average Bonchev–Trinajstić information content (AvgIpc) is 3.31. The van der Waals surface area contributed by atoms with Crippen molar-refractivity contribution in [3.63, 3.8) is 0 Å². The molecule has 0 atom stereocenters. The summed E-state index contributed by atoms with van der Waals surface area (Å²) in [6.45, 7) is 9.72. The lowest BCUT2D eigenvalue weighted by Crippen LogP contribution is -2.18. The number of furan rings is 1. The first-order chi connectivity index (χ1) is 16.7. The van der Waals surface area contributed by atoms with Gasteiger partial charge in [0.2, 0.25) is 5.91 Å². The standard InChI is InChI=1S/C28H27N3O4/c1-15-6-8-20(9-7-15)31-26(12-16(2)30-31)29-27(32)11-10-21-18(4)23-13-22-17(3)19(5)34-24(22)14-25(23)35-28(21)33/h6-9,12-14H,10-11H2,1-5H3,(H,29,32). The minimum absolute atomic E-state index is 0.140. The van der Waals surface area contributed by atoms with Gasteiger partial charge in [-0.1, -0.05) is 17.7 Å². The zero-order chi connectivity index (χ0) is 24.9. The number of aryl methyl sites for hydroxylation is 5. The summed E-state index contributed by atoms with van der Waals surface area (Å²) < 4.78 is 13.1. The highest BCUT2D eigenvalue weighted by Gasteiger charge is 2.17. The topological polar surface area (TPSA) is 90.3 Å². The van der Waals surface area contributed by atoms with E-state index in [1.807, 2.05) is 71.0 Å². The maximum absolute atomic E-state index is 12.8. The molecular weight excluding hydrogens is 442 g/mol. The molecule has 0 aliphatic rings. The highest BCUT2D eigenvalue weighted by Crippen LogP contribution is 2.31. The Hall–Kier alpha value is -4.13. The fourth-order valence-electron chi connectivity index (χ4n) is 4.43. The predicted molar refractivity (Wildman–Crippen MR) is 136 cm³/mol. The predicted octanol–water partition coefficient (Wildman–Crippen LogP) is 5.84. The number of amides is 1. The van der Waals surface area contributed by atoms with Crippen LogP contribution in [0.25, 0.3) is 27.6 Å². The Kier molecular flexibility index (Phi) is 5.55. The molecule has 1 amide bonds. The lowest BCUT2D eigenvalue weighted by atomic mass is 10.0. The molecule has 0 aliphatic heterocycles. The number of benzene rings is 2. The number of anilines is 1. The summed E-state index contributed by atoms with van der Waals surface area (Å²) in [5, 5.41) is 9.30. The van der Waals surface area contributed by atoms with E-state index in [2.05, 4.69) is 10.4 Å². The van der Waals surface area contributed by atoms with Gasteiger partial charge in [0.1, 0.15) is 22.7 Å². The van der Waals surface area contributed by atoms with Crippen molar-refractivity contribution in [3.05, 3.63) is 86.6 Å². The number of fused-ring (bicyclic) bond motifs is 2. The molecule has 0 spiro atoms. The Labute approximate surface area is 202 Å². The van der Waals surface area contributed by atoms with Crippen molar-refractivity contribution in [3.8, 4) is 5.69 Å². The summed E-state index contributed by atoms with van der Waals surface area (Å²) in [6.07, 6.45) is 0.413. The normalized spacial score (nSPS) is 11.5. The molecule has 35 heavy (non-hydrogen) atoms. The highest BCUT2D eigenvalue weighted by atomic mass is 16.4. The number of hydrogen-bond acceptors (Lipinski definition) is 5. The lowest BCUT2D eigenvalue weighted by Gasteiger charge is -2.10. The molecule has 0 radical (unpaired) electrons. The number of carbonyl (C=O) groups excluding carboxylic acids is 1. The number of aromatic nitrogens is 2. The van der Waals surface area contributed by atoms with Gasteiger partial charge in [-0.15, -0.1) is 0 Å². The number of nitrogens with zero attached hydrogens (tertiary/aromatic N) is 2. The largest absolute Gasteiger partial charge is 0.461 e. The lowest BCUT2D eigenvalue weighted by molar-refractivity contribution is -0.116. The second-order valence-electron chi connectivity index (χ2n) is 9.09. The minimum atomic E-state index is -0.428. The number of rotatable bonds is 5. The van der Waals surface area contributed by atoms with Crippen molar-refractivity contribution in [2.45, 2.75) is 47.5 Å². The second-order valence-corrected chi connectivity index (χ2v) is 9.09. The van der Waals surface area contributed by atoms with Crippen LogP contribution < -0.4 is 10.9 Å². The van der Waals surface area contributed by atoms with E-state index in [-0.39, 0.29) is 18.7 Å². The van der Waals surface area contributed by atoms with Crippen LogP contribution in [0.3, 0.4) is 0 Å². The van der Waals surface area contributed by atoms with Crippen molar-refractivity contribution < 1.29 is 13.6 Å². The van der Waals surface area contributed by atoms with Crippen LogP contribution in [0.5, 0.6) is 0 Å². The molecule has 0 fully saturated rings. The third-order valence-electron chi connectivity index (χ3n) is 6.56. The molecule has 5 rings (SSSR count). The van der Waals surface area contributed by atoms with E-state index in [1.165, 1.54) is 0 Å². The van der Waals surface area contributed by atoms with Gasteiger partial charge >= 0.3 is 5.63 Å². The van der Waals surface area contributed by atoms with Gasteiger partial charge in [0.05, 0.1) is 11.4 Å². The van der Waals surface area contributed by atoms with Crippen molar-refractivity contribution in [1.29, 1.82) is 0 Å². The van der Waals surface area contributed by atoms with Crippen molar-refractivity contribution in [1.82, 2.24) is 9.78 Å². The maximum Gasteiger partial charge on any atom is 0.339 e. The van der Waals surface area contributed by atoms with Gasteiger partial charge in [-0.05, 0) is 70.4 Å². The Balaban J connectivity index is 1.39. The fraction of sp³-hybridized carbons (Fsp3) is 0.250. The van der Waals surface area contributed by atoms with Gasteiger partial charge in [0.25, 0.3) is 0 Å². The SMILES string of the molecule is Cc1ccc(-n2nc(C)cc2NC(=O)CCc2c(C)c3cc4c(C)c(C)oc4cc3oc2=O)cc1. The highest BCUT2D eigenvalue weighted by molar-refractivity contribution is 5.97. The molecule has 0 aliphatic carbocycles. The summed E-state index contributed by atoms with van der Waals surface area (Å²) in [5.41, 5.74) is 5.95. The van der Waals surface area contributed by atoms with Crippen molar-refractivity contribution in [2.24, 2.45) is 0 Å². The Morgan fingerprint density at radius 1 is 0.914 bits per heavy atom. The van der Waals surface area contributed by atoms with E-state index in [0.717, 1.165) is 44.6 Å². The van der Waals surface area contributed by atoms with Gasteiger partial charge in [0.15, 0.2) is 0 Å². The third-order valence-corrected chi connectivity index (χ3v) is 6.56. The monoisotopic (exact) mass is 469 g/mol. The maximum atomic E-state index is 12.8. The average molecular weight is 470 g/mol.